The smallest absolute Gasteiger partial charge is 0.142 e. The van der Waals surface area contributed by atoms with Crippen molar-refractivity contribution in [3.8, 4) is 5.69 Å². The van der Waals surface area contributed by atoms with Crippen molar-refractivity contribution in [3.63, 3.8) is 0 Å². The van der Waals surface area contributed by atoms with Crippen molar-refractivity contribution >= 4 is 17.8 Å². The second-order valence-electron chi connectivity index (χ2n) is 5.63. The van der Waals surface area contributed by atoms with Crippen LogP contribution in [0.25, 0.3) is 5.69 Å². The van der Waals surface area contributed by atoms with E-state index in [1.165, 1.54) is 0 Å². The average molecular weight is 339 g/mol. The van der Waals surface area contributed by atoms with Crippen LogP contribution in [-0.2, 0) is 11.4 Å². The summed E-state index contributed by atoms with van der Waals surface area (Å²) in [5.41, 5.74) is 5.47. The fourth-order valence-electron chi connectivity index (χ4n) is 2.69. The van der Waals surface area contributed by atoms with E-state index in [1.807, 2.05) is 54.6 Å². The third-order valence-corrected chi connectivity index (χ3v) is 4.15. The summed E-state index contributed by atoms with van der Waals surface area (Å²) < 4.78 is 2.18. The van der Waals surface area contributed by atoms with E-state index in [2.05, 4.69) is 29.6 Å². The van der Waals surface area contributed by atoms with Gasteiger partial charge in [-0.05, 0) is 49.7 Å². The van der Waals surface area contributed by atoms with Crippen LogP contribution >= 0.6 is 11.6 Å². The number of nitrogens with zero attached hydrogens (tertiary/aromatic N) is 2. The first-order valence-corrected chi connectivity index (χ1v) is 8.17. The van der Waals surface area contributed by atoms with E-state index < -0.39 is 0 Å². The normalized spacial score (nSPS) is 11.1. The Morgan fingerprint density at radius 2 is 1.75 bits per heavy atom. The van der Waals surface area contributed by atoms with E-state index in [9.17, 15) is 0 Å². The molecule has 122 valence electrons. The van der Waals surface area contributed by atoms with Crippen molar-refractivity contribution < 1.29 is 4.84 Å². The van der Waals surface area contributed by atoms with Gasteiger partial charge in [0, 0.05) is 27.7 Å². The molecule has 0 fully saturated rings. The van der Waals surface area contributed by atoms with Crippen LogP contribution in [0.2, 0.25) is 5.02 Å². The Hall–Kier alpha value is -2.52. The summed E-state index contributed by atoms with van der Waals surface area (Å²) in [5.74, 6) is 0. The van der Waals surface area contributed by atoms with Gasteiger partial charge in [0.2, 0.25) is 0 Å². The minimum Gasteiger partial charge on any atom is -0.391 e. The lowest BCUT2D eigenvalue weighted by molar-refractivity contribution is 0.132. The van der Waals surface area contributed by atoms with Gasteiger partial charge in [-0.15, -0.1) is 0 Å². The molecule has 1 aromatic heterocycles. The summed E-state index contributed by atoms with van der Waals surface area (Å²) in [7, 11) is 0. The Balaban J connectivity index is 1.74. The van der Waals surface area contributed by atoms with Gasteiger partial charge in [-0.1, -0.05) is 47.1 Å². The largest absolute Gasteiger partial charge is 0.391 e. The molecule has 0 aliphatic rings. The fourth-order valence-corrected chi connectivity index (χ4v) is 2.81. The highest BCUT2D eigenvalue weighted by molar-refractivity contribution is 6.30. The number of hydrogen-bond acceptors (Lipinski definition) is 2. The number of hydrogen-bond donors (Lipinski definition) is 0. The van der Waals surface area contributed by atoms with Crippen molar-refractivity contribution in [2.24, 2.45) is 5.16 Å². The number of oxime groups is 1. The zero-order valence-electron chi connectivity index (χ0n) is 13.7. The van der Waals surface area contributed by atoms with Crippen LogP contribution in [0, 0.1) is 13.8 Å². The van der Waals surface area contributed by atoms with E-state index in [0.717, 1.165) is 33.2 Å². The Morgan fingerprint density at radius 1 is 1.04 bits per heavy atom. The van der Waals surface area contributed by atoms with Gasteiger partial charge in [-0.25, -0.2) is 0 Å². The number of rotatable bonds is 5. The predicted octanol–water partition coefficient (Wildman–Crippen LogP) is 5.30. The summed E-state index contributed by atoms with van der Waals surface area (Å²) in [6, 6.07) is 19.9. The van der Waals surface area contributed by atoms with Gasteiger partial charge in [-0.2, -0.15) is 0 Å². The maximum Gasteiger partial charge on any atom is 0.142 e. The molecule has 0 spiro atoms. The molecule has 0 unspecified atom stereocenters. The van der Waals surface area contributed by atoms with Crippen LogP contribution in [0.5, 0.6) is 0 Å². The Labute approximate surface area is 147 Å². The molecule has 3 rings (SSSR count). The van der Waals surface area contributed by atoms with E-state index >= 15 is 0 Å². The molecule has 0 amide bonds. The molecule has 0 bridgehead atoms. The number of halogens is 1. The second-order valence-corrected chi connectivity index (χ2v) is 6.07. The quantitative estimate of drug-likeness (QED) is 0.458. The second kappa shape index (κ2) is 7.37. The van der Waals surface area contributed by atoms with E-state index in [-0.39, 0.29) is 0 Å². The highest BCUT2D eigenvalue weighted by Gasteiger charge is 2.09. The Bertz CT molecular complexity index is 836. The molecular weight excluding hydrogens is 320 g/mol. The fraction of sp³-hybridized carbons (Fsp3) is 0.150. The summed E-state index contributed by atoms with van der Waals surface area (Å²) in [6.07, 6.45) is 1.76. The minimum atomic E-state index is 0.466. The van der Waals surface area contributed by atoms with Gasteiger partial charge in [0.15, 0.2) is 0 Å². The standard InChI is InChI=1S/C20H19ClN2O/c1-15-12-18(13-22-24-14-17-6-4-3-5-7-17)16(2)23(15)20-10-8-19(21)9-11-20/h3-13H,14H2,1-2H3/b22-13-. The first-order valence-electron chi connectivity index (χ1n) is 7.79. The maximum absolute atomic E-state index is 5.97. The van der Waals surface area contributed by atoms with Gasteiger partial charge in [-0.3, -0.25) is 0 Å². The molecule has 0 saturated carbocycles. The molecular formula is C20H19ClN2O. The maximum atomic E-state index is 5.97. The van der Waals surface area contributed by atoms with Crippen LogP contribution in [0.15, 0.2) is 65.8 Å². The molecule has 2 aromatic carbocycles. The number of aromatic nitrogens is 1. The summed E-state index contributed by atoms with van der Waals surface area (Å²) in [5, 5.41) is 4.83. The zero-order chi connectivity index (χ0) is 16.9. The van der Waals surface area contributed by atoms with Gasteiger partial charge in [0.05, 0.1) is 6.21 Å². The monoisotopic (exact) mass is 338 g/mol. The van der Waals surface area contributed by atoms with Crippen LogP contribution in [-0.4, -0.2) is 10.8 Å². The molecule has 24 heavy (non-hydrogen) atoms. The Morgan fingerprint density at radius 3 is 2.46 bits per heavy atom. The first kappa shape index (κ1) is 16.3. The van der Waals surface area contributed by atoms with E-state index in [1.54, 1.807) is 6.21 Å². The van der Waals surface area contributed by atoms with E-state index in [4.69, 9.17) is 16.4 Å². The molecule has 0 atom stereocenters. The lowest BCUT2D eigenvalue weighted by atomic mass is 10.2. The molecule has 0 saturated heterocycles. The lowest BCUT2D eigenvalue weighted by Crippen LogP contribution is -1.99. The molecule has 3 aromatic rings. The number of benzene rings is 2. The summed E-state index contributed by atoms with van der Waals surface area (Å²) in [6.45, 7) is 4.61. The third-order valence-electron chi connectivity index (χ3n) is 3.90. The van der Waals surface area contributed by atoms with Crippen molar-refractivity contribution in [2.75, 3.05) is 0 Å². The van der Waals surface area contributed by atoms with Gasteiger partial charge in [0.25, 0.3) is 0 Å². The molecule has 0 N–H and O–H groups in total. The average Bonchev–Trinajstić information content (AvgIpc) is 2.88. The van der Waals surface area contributed by atoms with Gasteiger partial charge < -0.3 is 9.40 Å². The summed E-state index contributed by atoms with van der Waals surface area (Å²) >= 11 is 5.97. The molecule has 1 heterocycles. The molecule has 0 radical (unpaired) electrons. The number of aryl methyl sites for hydroxylation is 1. The van der Waals surface area contributed by atoms with Crippen molar-refractivity contribution in [1.29, 1.82) is 0 Å². The summed E-state index contributed by atoms with van der Waals surface area (Å²) in [4.78, 5) is 5.39. The minimum absolute atomic E-state index is 0.466. The van der Waals surface area contributed by atoms with Gasteiger partial charge in [0.1, 0.15) is 6.61 Å². The van der Waals surface area contributed by atoms with Crippen LogP contribution in [0.1, 0.15) is 22.5 Å². The molecule has 0 aliphatic heterocycles. The van der Waals surface area contributed by atoms with Gasteiger partial charge >= 0.3 is 0 Å². The first-order chi connectivity index (χ1) is 11.6. The van der Waals surface area contributed by atoms with Crippen LogP contribution < -0.4 is 0 Å². The predicted molar refractivity (Wildman–Crippen MR) is 99.1 cm³/mol. The topological polar surface area (TPSA) is 26.5 Å². The van der Waals surface area contributed by atoms with Crippen molar-refractivity contribution in [2.45, 2.75) is 20.5 Å². The zero-order valence-corrected chi connectivity index (χ0v) is 14.5. The molecule has 3 nitrogen and oxygen atoms in total. The highest BCUT2D eigenvalue weighted by atomic mass is 35.5. The van der Waals surface area contributed by atoms with Crippen LogP contribution in [0.4, 0.5) is 0 Å². The highest BCUT2D eigenvalue weighted by Crippen LogP contribution is 2.21. The van der Waals surface area contributed by atoms with Crippen molar-refractivity contribution in [3.05, 3.63) is 88.2 Å². The van der Waals surface area contributed by atoms with Crippen LogP contribution in [0.3, 0.4) is 0 Å². The lowest BCUT2D eigenvalue weighted by Gasteiger charge is -2.09. The van der Waals surface area contributed by atoms with E-state index in [0.29, 0.717) is 6.61 Å². The molecule has 0 aliphatic carbocycles. The Kier molecular flexibility index (Phi) is 5.02. The third kappa shape index (κ3) is 3.69. The van der Waals surface area contributed by atoms with Crippen molar-refractivity contribution in [1.82, 2.24) is 4.57 Å². The molecule has 4 heteroatoms. The SMILES string of the molecule is Cc1cc(/C=N\OCc2ccccc2)c(C)n1-c1ccc(Cl)cc1.